The fourth-order valence-corrected chi connectivity index (χ4v) is 5.04. The fourth-order valence-electron chi connectivity index (χ4n) is 1.24. The SMILES string of the molecule is C[Si](C)(C)N(CCOc1ccccc1)SCl. The molecule has 0 aromatic heterocycles. The molecule has 16 heavy (non-hydrogen) atoms. The van der Waals surface area contributed by atoms with Crippen molar-refractivity contribution in [3.05, 3.63) is 30.3 Å². The van der Waals surface area contributed by atoms with Crippen molar-refractivity contribution in [1.29, 1.82) is 0 Å². The van der Waals surface area contributed by atoms with Crippen LogP contribution in [0.3, 0.4) is 0 Å². The second-order valence-corrected chi connectivity index (χ2v) is 10.7. The van der Waals surface area contributed by atoms with Crippen LogP contribution < -0.4 is 4.74 Å². The van der Waals surface area contributed by atoms with Crippen molar-refractivity contribution in [3.63, 3.8) is 0 Å². The topological polar surface area (TPSA) is 12.5 Å². The van der Waals surface area contributed by atoms with E-state index in [0.717, 1.165) is 12.3 Å². The van der Waals surface area contributed by atoms with Crippen LogP contribution in [-0.4, -0.2) is 25.4 Å². The molecule has 0 heterocycles. The third kappa shape index (κ3) is 4.78. The predicted octanol–water partition coefficient (Wildman–Crippen LogP) is 4.00. The van der Waals surface area contributed by atoms with Gasteiger partial charge in [-0.2, -0.15) is 0 Å². The molecule has 0 amide bonds. The lowest BCUT2D eigenvalue weighted by Gasteiger charge is -2.29. The summed E-state index contributed by atoms with van der Waals surface area (Å²) in [7, 11) is 4.52. The van der Waals surface area contributed by atoms with Crippen LogP contribution in [0.1, 0.15) is 0 Å². The second-order valence-electron chi connectivity index (χ2n) is 4.50. The van der Waals surface area contributed by atoms with Crippen molar-refractivity contribution in [3.8, 4) is 5.75 Å². The van der Waals surface area contributed by atoms with Gasteiger partial charge in [-0.25, -0.2) is 0 Å². The first kappa shape index (κ1) is 13.9. The minimum atomic E-state index is -1.34. The number of rotatable bonds is 6. The van der Waals surface area contributed by atoms with Gasteiger partial charge < -0.3 is 4.74 Å². The Balaban J connectivity index is 2.35. The molecule has 0 saturated heterocycles. The van der Waals surface area contributed by atoms with E-state index >= 15 is 0 Å². The van der Waals surface area contributed by atoms with Crippen molar-refractivity contribution < 1.29 is 4.74 Å². The number of halogens is 1. The average molecular weight is 276 g/mol. The number of ether oxygens (including phenoxy) is 1. The monoisotopic (exact) mass is 275 g/mol. The Hall–Kier alpha value is -0.163. The fraction of sp³-hybridized carbons (Fsp3) is 0.455. The molecule has 0 aliphatic heterocycles. The van der Waals surface area contributed by atoms with Crippen LogP contribution in [0.5, 0.6) is 5.75 Å². The van der Waals surface area contributed by atoms with Crippen molar-refractivity contribution >= 4 is 30.1 Å². The van der Waals surface area contributed by atoms with E-state index in [2.05, 4.69) is 23.6 Å². The highest BCUT2D eigenvalue weighted by atomic mass is 35.7. The number of hydrogen-bond acceptors (Lipinski definition) is 3. The third-order valence-electron chi connectivity index (χ3n) is 2.14. The molecule has 0 radical (unpaired) electrons. The van der Waals surface area contributed by atoms with Gasteiger partial charge in [0.1, 0.15) is 20.6 Å². The molecule has 0 N–H and O–H groups in total. The number of benzene rings is 1. The summed E-state index contributed by atoms with van der Waals surface area (Å²) in [6, 6.07) is 9.86. The standard InChI is InChI=1S/C11H18ClNOSSi/c1-16(2,3)13(15-12)9-10-14-11-7-5-4-6-8-11/h4-8H,9-10H2,1-3H3. The molecule has 0 fully saturated rings. The van der Waals surface area contributed by atoms with E-state index in [-0.39, 0.29) is 0 Å². The van der Waals surface area contributed by atoms with E-state index in [9.17, 15) is 0 Å². The molecule has 0 unspecified atom stereocenters. The zero-order valence-electron chi connectivity index (χ0n) is 9.94. The van der Waals surface area contributed by atoms with Crippen molar-refractivity contribution in [2.45, 2.75) is 19.6 Å². The summed E-state index contributed by atoms with van der Waals surface area (Å²) in [4.78, 5) is 0. The van der Waals surface area contributed by atoms with Crippen LogP contribution in [0.4, 0.5) is 0 Å². The second kappa shape index (κ2) is 6.54. The first-order valence-corrected chi connectivity index (χ1v) is 10.3. The quantitative estimate of drug-likeness (QED) is 0.575. The zero-order valence-corrected chi connectivity index (χ0v) is 12.5. The molecule has 0 atom stereocenters. The van der Waals surface area contributed by atoms with Gasteiger partial charge >= 0.3 is 0 Å². The van der Waals surface area contributed by atoms with E-state index in [1.165, 1.54) is 11.2 Å². The van der Waals surface area contributed by atoms with E-state index in [4.69, 9.17) is 15.4 Å². The maximum absolute atomic E-state index is 5.86. The van der Waals surface area contributed by atoms with Crippen LogP contribution in [-0.2, 0) is 0 Å². The summed E-state index contributed by atoms with van der Waals surface area (Å²) in [5.41, 5.74) is 0. The lowest BCUT2D eigenvalue weighted by atomic mass is 10.3. The lowest BCUT2D eigenvalue weighted by molar-refractivity contribution is 0.306. The number of nitrogens with zero attached hydrogens (tertiary/aromatic N) is 1. The molecule has 0 bridgehead atoms. The largest absolute Gasteiger partial charge is 0.492 e. The molecule has 0 spiro atoms. The summed E-state index contributed by atoms with van der Waals surface area (Å²) in [5.74, 6) is 0.914. The molecule has 0 aliphatic rings. The molecular formula is C11H18ClNOSSi. The van der Waals surface area contributed by atoms with Gasteiger partial charge in [-0.3, -0.25) is 3.97 Å². The molecule has 0 aliphatic carbocycles. The van der Waals surface area contributed by atoms with Gasteiger partial charge in [-0.1, -0.05) is 37.8 Å². The Kier molecular flexibility index (Phi) is 5.68. The van der Waals surface area contributed by atoms with E-state index in [1.54, 1.807) is 0 Å². The summed E-state index contributed by atoms with van der Waals surface area (Å²) < 4.78 is 7.88. The van der Waals surface area contributed by atoms with Crippen LogP contribution in [0, 0.1) is 0 Å². The van der Waals surface area contributed by atoms with E-state index in [0.29, 0.717) is 6.61 Å². The van der Waals surface area contributed by atoms with E-state index in [1.807, 2.05) is 30.3 Å². The Morgan fingerprint density at radius 2 is 1.88 bits per heavy atom. The van der Waals surface area contributed by atoms with Crippen molar-refractivity contribution in [1.82, 2.24) is 3.97 Å². The van der Waals surface area contributed by atoms with Crippen LogP contribution in [0.2, 0.25) is 19.6 Å². The number of hydrogen-bond donors (Lipinski definition) is 0. The van der Waals surface area contributed by atoms with E-state index < -0.39 is 8.24 Å². The molecule has 90 valence electrons. The van der Waals surface area contributed by atoms with Crippen LogP contribution >= 0.6 is 21.8 Å². The highest BCUT2D eigenvalue weighted by Gasteiger charge is 2.23. The normalized spacial score (nSPS) is 11.8. The first-order valence-electron chi connectivity index (χ1n) is 5.28. The van der Waals surface area contributed by atoms with Crippen molar-refractivity contribution in [2.75, 3.05) is 13.2 Å². The summed E-state index contributed by atoms with van der Waals surface area (Å²) in [6.07, 6.45) is 0. The summed E-state index contributed by atoms with van der Waals surface area (Å²) in [6.45, 7) is 8.34. The predicted molar refractivity (Wildman–Crippen MR) is 75.4 cm³/mol. The lowest BCUT2D eigenvalue weighted by Crippen LogP contribution is -2.42. The Morgan fingerprint density at radius 3 is 2.38 bits per heavy atom. The molecular weight excluding hydrogens is 258 g/mol. The highest BCUT2D eigenvalue weighted by molar-refractivity contribution is 8.20. The molecule has 1 aromatic carbocycles. The van der Waals surface area contributed by atoms with Gasteiger partial charge in [0, 0.05) is 17.7 Å². The molecule has 2 nitrogen and oxygen atoms in total. The maximum atomic E-state index is 5.86. The third-order valence-corrected chi connectivity index (χ3v) is 6.97. The van der Waals surface area contributed by atoms with Gasteiger partial charge in [-0.05, 0) is 22.8 Å². The molecule has 1 aromatic rings. The Morgan fingerprint density at radius 1 is 1.25 bits per heavy atom. The number of para-hydroxylation sites is 1. The smallest absolute Gasteiger partial charge is 0.133 e. The molecule has 1 rings (SSSR count). The highest BCUT2D eigenvalue weighted by Crippen LogP contribution is 2.23. The molecule has 0 saturated carbocycles. The van der Waals surface area contributed by atoms with Gasteiger partial charge in [-0.15, -0.1) is 0 Å². The minimum Gasteiger partial charge on any atom is -0.492 e. The maximum Gasteiger partial charge on any atom is 0.133 e. The molecule has 5 heteroatoms. The van der Waals surface area contributed by atoms with Gasteiger partial charge in [0.2, 0.25) is 0 Å². The van der Waals surface area contributed by atoms with Gasteiger partial charge in [0.05, 0.1) is 0 Å². The van der Waals surface area contributed by atoms with Crippen LogP contribution in [0.15, 0.2) is 30.3 Å². The summed E-state index contributed by atoms with van der Waals surface area (Å²) in [5, 5.41) is 0. The van der Waals surface area contributed by atoms with Gasteiger partial charge in [0.25, 0.3) is 0 Å². The Labute approximate surface area is 108 Å². The van der Waals surface area contributed by atoms with Gasteiger partial charge in [0.15, 0.2) is 0 Å². The first-order chi connectivity index (χ1) is 7.54. The summed E-state index contributed by atoms with van der Waals surface area (Å²) >= 11 is 1.30. The van der Waals surface area contributed by atoms with Crippen LogP contribution in [0.25, 0.3) is 0 Å². The Bertz CT molecular complexity index is 305. The average Bonchev–Trinajstić information content (AvgIpc) is 2.24. The van der Waals surface area contributed by atoms with Crippen molar-refractivity contribution in [2.24, 2.45) is 0 Å². The zero-order chi connectivity index (χ0) is 12.0. The minimum absolute atomic E-state index is 0.675.